The van der Waals surface area contributed by atoms with Crippen LogP contribution in [-0.4, -0.2) is 73.9 Å². The summed E-state index contributed by atoms with van der Waals surface area (Å²) in [7, 11) is 4.07. The van der Waals surface area contributed by atoms with Crippen molar-refractivity contribution in [3.05, 3.63) is 29.8 Å². The van der Waals surface area contributed by atoms with Crippen molar-refractivity contribution in [3.63, 3.8) is 0 Å². The highest BCUT2D eigenvalue weighted by Crippen LogP contribution is 2.19. The minimum absolute atomic E-state index is 0.254. The molecule has 0 bridgehead atoms. The molecule has 0 unspecified atom stereocenters. The Bertz CT molecular complexity index is 534. The molecule has 134 valence electrons. The van der Waals surface area contributed by atoms with Gasteiger partial charge in [-0.1, -0.05) is 18.2 Å². The van der Waals surface area contributed by atoms with Crippen LogP contribution in [0.4, 0.5) is 0 Å². The zero-order valence-corrected chi connectivity index (χ0v) is 15.0. The van der Waals surface area contributed by atoms with Crippen molar-refractivity contribution in [2.45, 2.75) is 26.0 Å². The average Bonchev–Trinajstić information content (AvgIpc) is 2.98. The van der Waals surface area contributed by atoms with E-state index in [9.17, 15) is 5.11 Å². The van der Waals surface area contributed by atoms with E-state index in [2.05, 4.69) is 28.1 Å². The van der Waals surface area contributed by atoms with Gasteiger partial charge >= 0.3 is 0 Å². The largest absolute Gasteiger partial charge is 0.492 e. The summed E-state index contributed by atoms with van der Waals surface area (Å²) in [6.07, 6.45) is 0.546. The molecule has 1 aromatic rings. The van der Waals surface area contributed by atoms with E-state index in [1.807, 2.05) is 32.3 Å². The lowest BCUT2D eigenvalue weighted by atomic mass is 10.2. The molecule has 0 radical (unpaired) electrons. The standard InChI is InChI=1S/C18H30N4O2/c1-4-19-18(22-10-9-16(23)14-22)20-13-15-7-5-6-8-17(15)24-12-11-21(2)3/h5-8,16,23H,4,9-14H2,1-3H3,(H,19,20)/t16-/m1/s1. The van der Waals surface area contributed by atoms with Gasteiger partial charge in [-0.05, 0) is 33.5 Å². The molecule has 0 saturated carbocycles. The van der Waals surface area contributed by atoms with Crippen molar-refractivity contribution >= 4 is 5.96 Å². The van der Waals surface area contributed by atoms with E-state index in [0.717, 1.165) is 43.3 Å². The molecule has 0 aliphatic carbocycles. The zero-order chi connectivity index (χ0) is 17.4. The predicted molar refractivity (Wildman–Crippen MR) is 97.5 cm³/mol. The van der Waals surface area contributed by atoms with Crippen LogP contribution in [0.25, 0.3) is 0 Å². The van der Waals surface area contributed by atoms with Crippen LogP contribution in [0.1, 0.15) is 18.9 Å². The number of hydrogen-bond donors (Lipinski definition) is 2. The normalized spacial score (nSPS) is 18.3. The molecule has 0 spiro atoms. The number of nitrogens with zero attached hydrogens (tertiary/aromatic N) is 3. The molecule has 2 N–H and O–H groups in total. The van der Waals surface area contributed by atoms with Gasteiger partial charge in [0.2, 0.25) is 0 Å². The molecule has 0 aromatic heterocycles. The Balaban J connectivity index is 2.02. The fourth-order valence-electron chi connectivity index (χ4n) is 2.63. The van der Waals surface area contributed by atoms with Crippen LogP contribution in [0.15, 0.2) is 29.3 Å². The number of likely N-dealkylation sites (tertiary alicyclic amines) is 1. The summed E-state index contributed by atoms with van der Waals surface area (Å²) >= 11 is 0. The van der Waals surface area contributed by atoms with E-state index in [1.54, 1.807) is 0 Å². The molecule has 1 fully saturated rings. The molecule has 1 saturated heterocycles. The number of β-amino-alcohol motifs (C(OH)–C–C–N with tert-alkyl or cyclic N) is 1. The van der Waals surface area contributed by atoms with Crippen molar-refractivity contribution in [2.75, 3.05) is 46.9 Å². The molecule has 1 atom stereocenters. The third kappa shape index (κ3) is 5.69. The number of aliphatic imine (C=N–C) groups is 1. The molecule has 0 amide bonds. The van der Waals surface area contributed by atoms with E-state index in [-0.39, 0.29) is 6.10 Å². The highest BCUT2D eigenvalue weighted by molar-refractivity contribution is 5.80. The summed E-state index contributed by atoms with van der Waals surface area (Å²) in [5.74, 6) is 1.75. The number of nitrogens with one attached hydrogen (secondary N) is 1. The highest BCUT2D eigenvalue weighted by Gasteiger charge is 2.22. The number of rotatable bonds is 7. The summed E-state index contributed by atoms with van der Waals surface area (Å²) in [4.78, 5) is 8.95. The first kappa shape index (κ1) is 18.5. The summed E-state index contributed by atoms with van der Waals surface area (Å²) in [6.45, 7) is 6.46. The molecule has 2 rings (SSSR count). The quantitative estimate of drug-likeness (QED) is 0.579. The zero-order valence-electron chi connectivity index (χ0n) is 15.0. The van der Waals surface area contributed by atoms with Gasteiger partial charge in [0.25, 0.3) is 0 Å². The Kier molecular flexibility index (Phi) is 7.34. The van der Waals surface area contributed by atoms with E-state index >= 15 is 0 Å². The number of ether oxygens (including phenoxy) is 1. The molecule has 6 heteroatoms. The molecule has 24 heavy (non-hydrogen) atoms. The lowest BCUT2D eigenvalue weighted by Crippen LogP contribution is -2.40. The smallest absolute Gasteiger partial charge is 0.194 e. The lowest BCUT2D eigenvalue weighted by Gasteiger charge is -2.21. The molecular formula is C18H30N4O2. The Hall–Kier alpha value is -1.79. The number of aliphatic hydroxyl groups excluding tert-OH is 1. The van der Waals surface area contributed by atoms with Gasteiger partial charge in [0.1, 0.15) is 12.4 Å². The summed E-state index contributed by atoms with van der Waals surface area (Å²) in [5.41, 5.74) is 1.08. The Morgan fingerprint density at radius 2 is 2.21 bits per heavy atom. The average molecular weight is 334 g/mol. The highest BCUT2D eigenvalue weighted by atomic mass is 16.5. The predicted octanol–water partition coefficient (Wildman–Crippen LogP) is 1.16. The summed E-state index contributed by atoms with van der Waals surface area (Å²) < 4.78 is 5.90. The fraction of sp³-hybridized carbons (Fsp3) is 0.611. The van der Waals surface area contributed by atoms with Gasteiger partial charge in [-0.15, -0.1) is 0 Å². The molecule has 6 nitrogen and oxygen atoms in total. The van der Waals surface area contributed by atoms with Crippen molar-refractivity contribution in [3.8, 4) is 5.75 Å². The number of guanidine groups is 1. The van der Waals surface area contributed by atoms with Crippen LogP contribution in [0.3, 0.4) is 0 Å². The topological polar surface area (TPSA) is 60.3 Å². The van der Waals surface area contributed by atoms with Gasteiger partial charge < -0.3 is 25.0 Å². The lowest BCUT2D eigenvalue weighted by molar-refractivity contribution is 0.188. The van der Waals surface area contributed by atoms with Crippen molar-refractivity contribution in [1.82, 2.24) is 15.1 Å². The van der Waals surface area contributed by atoms with E-state index in [1.165, 1.54) is 0 Å². The van der Waals surface area contributed by atoms with Gasteiger partial charge in [-0.2, -0.15) is 0 Å². The van der Waals surface area contributed by atoms with Gasteiger partial charge in [0.15, 0.2) is 5.96 Å². The molecule has 1 aromatic carbocycles. The maximum Gasteiger partial charge on any atom is 0.194 e. The van der Waals surface area contributed by atoms with Crippen molar-refractivity contribution < 1.29 is 9.84 Å². The van der Waals surface area contributed by atoms with E-state index in [0.29, 0.717) is 19.7 Å². The molecule has 1 heterocycles. The second-order valence-electron chi connectivity index (χ2n) is 6.32. The Labute approximate surface area is 145 Å². The SMILES string of the molecule is CCNC(=NCc1ccccc1OCCN(C)C)N1CC[C@@H](O)C1. The monoisotopic (exact) mass is 334 g/mol. The van der Waals surface area contributed by atoms with E-state index < -0.39 is 0 Å². The summed E-state index contributed by atoms with van der Waals surface area (Å²) in [6, 6.07) is 8.04. The third-order valence-corrected chi connectivity index (χ3v) is 3.97. The van der Waals surface area contributed by atoms with Crippen LogP contribution in [-0.2, 0) is 6.54 Å². The van der Waals surface area contributed by atoms with Crippen LogP contribution in [0.2, 0.25) is 0 Å². The van der Waals surface area contributed by atoms with Crippen LogP contribution < -0.4 is 10.1 Å². The van der Waals surface area contributed by atoms with E-state index in [4.69, 9.17) is 9.73 Å². The van der Waals surface area contributed by atoms with Crippen LogP contribution in [0, 0.1) is 0 Å². The maximum atomic E-state index is 9.74. The first-order valence-corrected chi connectivity index (χ1v) is 8.67. The van der Waals surface area contributed by atoms with Crippen LogP contribution in [0.5, 0.6) is 5.75 Å². The van der Waals surface area contributed by atoms with Gasteiger partial charge in [-0.25, -0.2) is 4.99 Å². The Morgan fingerprint density at radius 1 is 1.42 bits per heavy atom. The first-order valence-electron chi connectivity index (χ1n) is 8.67. The third-order valence-electron chi connectivity index (χ3n) is 3.97. The molecule has 1 aliphatic heterocycles. The van der Waals surface area contributed by atoms with Gasteiger partial charge in [0, 0.05) is 31.7 Å². The summed E-state index contributed by atoms with van der Waals surface area (Å²) in [5, 5.41) is 13.0. The number of hydrogen-bond acceptors (Lipinski definition) is 4. The number of para-hydroxylation sites is 1. The van der Waals surface area contributed by atoms with Gasteiger partial charge in [-0.3, -0.25) is 0 Å². The molecule has 1 aliphatic rings. The van der Waals surface area contributed by atoms with Crippen LogP contribution >= 0.6 is 0 Å². The minimum atomic E-state index is -0.254. The van der Waals surface area contributed by atoms with Gasteiger partial charge in [0.05, 0.1) is 12.6 Å². The van der Waals surface area contributed by atoms with Crippen molar-refractivity contribution in [1.29, 1.82) is 0 Å². The number of benzene rings is 1. The number of likely N-dealkylation sites (N-methyl/N-ethyl adjacent to an activating group) is 1. The minimum Gasteiger partial charge on any atom is -0.492 e. The first-order chi connectivity index (χ1) is 11.6. The second-order valence-corrected chi connectivity index (χ2v) is 6.32. The van der Waals surface area contributed by atoms with Crippen molar-refractivity contribution in [2.24, 2.45) is 4.99 Å². The second kappa shape index (κ2) is 9.49. The fourth-order valence-corrected chi connectivity index (χ4v) is 2.63. The molecular weight excluding hydrogens is 304 g/mol. The number of aliphatic hydroxyl groups is 1. The Morgan fingerprint density at radius 3 is 2.88 bits per heavy atom. The maximum absolute atomic E-state index is 9.74.